The van der Waals surface area contributed by atoms with Crippen molar-refractivity contribution in [3.63, 3.8) is 0 Å². The SMILES string of the molecule is CC(C)(C)c1nn(-c2ccc(Cl)cc2)c2nc3c(c(-c4ccccc4)c12)C(=O)c1ccccc1-3. The lowest BCUT2D eigenvalue weighted by Gasteiger charge is -2.18. The molecule has 2 heterocycles. The predicted molar refractivity (Wildman–Crippen MR) is 137 cm³/mol. The minimum Gasteiger partial charge on any atom is -0.288 e. The van der Waals surface area contributed by atoms with Crippen molar-refractivity contribution >= 4 is 28.4 Å². The van der Waals surface area contributed by atoms with E-state index in [1.807, 2.05) is 71.4 Å². The fourth-order valence-electron chi connectivity index (χ4n) is 4.77. The van der Waals surface area contributed by atoms with Crippen molar-refractivity contribution in [2.45, 2.75) is 26.2 Å². The van der Waals surface area contributed by atoms with Crippen LogP contribution in [-0.4, -0.2) is 20.5 Å². The number of benzene rings is 3. The Morgan fingerprint density at radius 1 is 0.794 bits per heavy atom. The van der Waals surface area contributed by atoms with E-state index in [1.165, 1.54) is 0 Å². The van der Waals surface area contributed by atoms with Crippen molar-refractivity contribution in [1.82, 2.24) is 14.8 Å². The molecule has 0 fully saturated rings. The molecule has 34 heavy (non-hydrogen) atoms. The molecule has 0 unspecified atom stereocenters. The van der Waals surface area contributed by atoms with Crippen LogP contribution >= 0.6 is 11.6 Å². The standard InChI is InChI=1S/C29H22ClN3O/c1-29(2,3)27-24-22(17-9-5-4-6-10-17)23-25(20-11-7-8-12-21(20)26(23)34)31-28(24)33(32-27)19-15-13-18(30)14-16-19/h4-16H,1-3H3. The smallest absolute Gasteiger partial charge is 0.196 e. The number of pyridine rings is 1. The largest absolute Gasteiger partial charge is 0.288 e. The number of rotatable bonds is 2. The molecule has 2 aromatic heterocycles. The number of fused-ring (bicyclic) bond motifs is 4. The molecule has 0 spiro atoms. The molecule has 1 aliphatic carbocycles. The molecule has 0 saturated heterocycles. The lowest BCUT2D eigenvalue weighted by Crippen LogP contribution is -2.13. The third-order valence-electron chi connectivity index (χ3n) is 6.31. The Morgan fingerprint density at radius 3 is 2.12 bits per heavy atom. The Hall–Kier alpha value is -3.76. The molecule has 0 atom stereocenters. The van der Waals surface area contributed by atoms with Crippen molar-refractivity contribution in [3.8, 4) is 28.1 Å². The minimum absolute atomic E-state index is 0.0120. The van der Waals surface area contributed by atoms with E-state index in [0.29, 0.717) is 21.8 Å². The molecular formula is C29H22ClN3O. The van der Waals surface area contributed by atoms with Crippen LogP contribution in [-0.2, 0) is 5.41 Å². The van der Waals surface area contributed by atoms with Gasteiger partial charge >= 0.3 is 0 Å². The summed E-state index contributed by atoms with van der Waals surface area (Å²) in [5.74, 6) is 0.0120. The summed E-state index contributed by atoms with van der Waals surface area (Å²) in [5, 5.41) is 6.64. The molecule has 0 bridgehead atoms. The van der Waals surface area contributed by atoms with Crippen LogP contribution in [0.4, 0.5) is 0 Å². The quantitative estimate of drug-likeness (QED) is 0.271. The molecule has 0 amide bonds. The fourth-order valence-corrected chi connectivity index (χ4v) is 4.89. The Labute approximate surface area is 202 Å². The summed E-state index contributed by atoms with van der Waals surface area (Å²) in [5.41, 5.74) is 7.02. The second-order valence-corrected chi connectivity index (χ2v) is 10.1. The summed E-state index contributed by atoms with van der Waals surface area (Å²) in [6, 6.07) is 25.4. The molecule has 5 heteroatoms. The van der Waals surface area contributed by atoms with Gasteiger partial charge in [0.1, 0.15) is 0 Å². The first-order valence-corrected chi connectivity index (χ1v) is 11.6. The van der Waals surface area contributed by atoms with Crippen molar-refractivity contribution in [3.05, 3.63) is 101 Å². The number of hydrogen-bond donors (Lipinski definition) is 0. The number of halogens is 1. The maximum Gasteiger partial charge on any atom is 0.196 e. The zero-order chi connectivity index (χ0) is 23.6. The van der Waals surface area contributed by atoms with Crippen LogP contribution in [0.15, 0.2) is 78.9 Å². The molecule has 4 nitrogen and oxygen atoms in total. The normalized spacial score (nSPS) is 12.8. The monoisotopic (exact) mass is 463 g/mol. The van der Waals surface area contributed by atoms with E-state index in [2.05, 4.69) is 32.9 Å². The number of hydrogen-bond acceptors (Lipinski definition) is 3. The molecule has 0 saturated carbocycles. The summed E-state index contributed by atoms with van der Waals surface area (Å²) in [7, 11) is 0. The molecule has 3 aromatic carbocycles. The highest BCUT2D eigenvalue weighted by atomic mass is 35.5. The van der Waals surface area contributed by atoms with Crippen molar-refractivity contribution < 1.29 is 4.79 Å². The first-order valence-electron chi connectivity index (χ1n) is 11.3. The van der Waals surface area contributed by atoms with Crippen molar-refractivity contribution in [1.29, 1.82) is 0 Å². The van der Waals surface area contributed by atoms with Crippen LogP contribution in [0.25, 0.3) is 39.1 Å². The van der Waals surface area contributed by atoms with E-state index in [9.17, 15) is 4.79 Å². The average Bonchev–Trinajstić information content (AvgIpc) is 3.36. The summed E-state index contributed by atoms with van der Waals surface area (Å²) in [6.07, 6.45) is 0. The van der Waals surface area contributed by atoms with Gasteiger partial charge in [-0.3, -0.25) is 4.79 Å². The molecular weight excluding hydrogens is 442 g/mol. The molecule has 5 aromatic rings. The van der Waals surface area contributed by atoms with Gasteiger partial charge in [0.05, 0.1) is 28.0 Å². The zero-order valence-electron chi connectivity index (χ0n) is 19.1. The van der Waals surface area contributed by atoms with E-state index in [-0.39, 0.29) is 11.2 Å². The highest BCUT2D eigenvalue weighted by Gasteiger charge is 2.36. The van der Waals surface area contributed by atoms with Crippen LogP contribution in [0.1, 0.15) is 42.4 Å². The number of carbonyl (C=O) groups is 1. The topological polar surface area (TPSA) is 47.8 Å². The first kappa shape index (κ1) is 20.8. The van der Waals surface area contributed by atoms with Crippen LogP contribution < -0.4 is 0 Å². The lowest BCUT2D eigenvalue weighted by molar-refractivity contribution is 0.104. The van der Waals surface area contributed by atoms with Gasteiger partial charge in [0.25, 0.3) is 0 Å². The summed E-state index contributed by atoms with van der Waals surface area (Å²) < 4.78 is 1.88. The third-order valence-corrected chi connectivity index (χ3v) is 6.57. The second-order valence-electron chi connectivity index (χ2n) is 9.64. The Kier molecular flexibility index (Phi) is 4.51. The van der Waals surface area contributed by atoms with Gasteiger partial charge in [0.15, 0.2) is 11.4 Å². The van der Waals surface area contributed by atoms with Crippen LogP contribution in [0.5, 0.6) is 0 Å². The van der Waals surface area contributed by atoms with Gasteiger partial charge in [-0.1, -0.05) is 87.0 Å². The Morgan fingerprint density at radius 2 is 1.44 bits per heavy atom. The van der Waals surface area contributed by atoms with Gasteiger partial charge < -0.3 is 0 Å². The third kappa shape index (κ3) is 3.02. The van der Waals surface area contributed by atoms with Gasteiger partial charge in [-0.15, -0.1) is 0 Å². The van der Waals surface area contributed by atoms with Crippen molar-refractivity contribution in [2.24, 2.45) is 0 Å². The van der Waals surface area contributed by atoms with Crippen LogP contribution in [0.3, 0.4) is 0 Å². The molecule has 0 N–H and O–H groups in total. The number of nitrogens with zero attached hydrogens (tertiary/aromatic N) is 3. The predicted octanol–water partition coefficient (Wildman–Crippen LogP) is 7.25. The van der Waals surface area contributed by atoms with Crippen LogP contribution in [0, 0.1) is 0 Å². The second kappa shape index (κ2) is 7.37. The maximum absolute atomic E-state index is 13.7. The molecule has 0 aliphatic heterocycles. The van der Waals surface area contributed by atoms with Gasteiger partial charge in [-0.2, -0.15) is 5.10 Å². The van der Waals surface area contributed by atoms with Gasteiger partial charge in [0.2, 0.25) is 0 Å². The van der Waals surface area contributed by atoms with Gasteiger partial charge in [-0.05, 0) is 29.8 Å². The minimum atomic E-state index is -0.274. The molecule has 1 aliphatic rings. The van der Waals surface area contributed by atoms with E-state index in [4.69, 9.17) is 21.7 Å². The molecule has 166 valence electrons. The summed E-state index contributed by atoms with van der Waals surface area (Å²) >= 11 is 6.17. The van der Waals surface area contributed by atoms with E-state index < -0.39 is 0 Å². The molecule has 0 radical (unpaired) electrons. The van der Waals surface area contributed by atoms with Gasteiger partial charge in [0, 0.05) is 27.1 Å². The van der Waals surface area contributed by atoms with Gasteiger partial charge in [-0.25, -0.2) is 9.67 Å². The Balaban J connectivity index is 1.82. The number of aromatic nitrogens is 3. The van der Waals surface area contributed by atoms with E-state index >= 15 is 0 Å². The lowest BCUT2D eigenvalue weighted by atomic mass is 9.86. The molecule has 6 rings (SSSR count). The summed E-state index contributed by atoms with van der Waals surface area (Å²) in [6.45, 7) is 6.42. The zero-order valence-corrected chi connectivity index (χ0v) is 19.9. The highest BCUT2D eigenvalue weighted by Crippen LogP contribution is 2.46. The maximum atomic E-state index is 13.7. The Bertz CT molecular complexity index is 1590. The fraction of sp³-hybridized carbons (Fsp3) is 0.138. The average molecular weight is 464 g/mol. The van der Waals surface area contributed by atoms with Crippen molar-refractivity contribution in [2.75, 3.05) is 0 Å². The highest BCUT2D eigenvalue weighted by molar-refractivity contribution is 6.30. The number of carbonyl (C=O) groups excluding carboxylic acids is 1. The van der Waals surface area contributed by atoms with Crippen LogP contribution in [0.2, 0.25) is 5.02 Å². The summed E-state index contributed by atoms with van der Waals surface area (Å²) in [4.78, 5) is 18.8. The van der Waals surface area contributed by atoms with E-state index in [0.717, 1.165) is 39.1 Å². The number of ketones is 1. The van der Waals surface area contributed by atoms with E-state index in [1.54, 1.807) is 0 Å². The first-order chi connectivity index (χ1) is 16.3.